The minimum Gasteiger partial charge on any atom is -0.309 e. The predicted octanol–water partition coefficient (Wildman–Crippen LogP) is 3.47. The number of rotatable bonds is 5. The van der Waals surface area contributed by atoms with Crippen molar-refractivity contribution < 1.29 is 4.39 Å². The standard InChI is InChI=1S/C15H17ClFN3/c1-3-18-15(14-6-7-19-10(2)20-14)9-11-4-5-13(17)12(16)8-11/h4-8,15,18H,3,9H2,1-2H3. The van der Waals surface area contributed by atoms with Gasteiger partial charge in [-0.05, 0) is 43.7 Å². The Labute approximate surface area is 123 Å². The van der Waals surface area contributed by atoms with Crippen LogP contribution in [0.4, 0.5) is 4.39 Å². The average molecular weight is 294 g/mol. The number of benzene rings is 1. The van der Waals surface area contributed by atoms with Gasteiger partial charge in [0.25, 0.3) is 0 Å². The molecule has 5 heteroatoms. The smallest absolute Gasteiger partial charge is 0.141 e. The van der Waals surface area contributed by atoms with Crippen molar-refractivity contribution in [1.82, 2.24) is 15.3 Å². The molecule has 2 aromatic rings. The Morgan fingerprint density at radius 1 is 1.35 bits per heavy atom. The minimum absolute atomic E-state index is 0.0585. The molecular formula is C15H17ClFN3. The van der Waals surface area contributed by atoms with Crippen LogP contribution in [0.3, 0.4) is 0 Å². The van der Waals surface area contributed by atoms with E-state index in [-0.39, 0.29) is 11.1 Å². The summed E-state index contributed by atoms with van der Waals surface area (Å²) in [6.07, 6.45) is 2.45. The van der Waals surface area contributed by atoms with Crippen molar-refractivity contribution in [3.63, 3.8) is 0 Å². The summed E-state index contributed by atoms with van der Waals surface area (Å²) in [5, 5.41) is 3.53. The van der Waals surface area contributed by atoms with Crippen LogP contribution < -0.4 is 5.32 Å². The van der Waals surface area contributed by atoms with E-state index >= 15 is 0 Å². The van der Waals surface area contributed by atoms with E-state index < -0.39 is 5.82 Å². The molecule has 0 aliphatic carbocycles. The zero-order valence-corrected chi connectivity index (χ0v) is 12.3. The average Bonchev–Trinajstić information content (AvgIpc) is 2.42. The van der Waals surface area contributed by atoms with E-state index in [0.717, 1.165) is 23.6 Å². The lowest BCUT2D eigenvalue weighted by Crippen LogP contribution is -2.24. The van der Waals surface area contributed by atoms with Gasteiger partial charge in [0.2, 0.25) is 0 Å². The molecule has 106 valence electrons. The summed E-state index contributed by atoms with van der Waals surface area (Å²) in [4.78, 5) is 8.55. The summed E-state index contributed by atoms with van der Waals surface area (Å²) >= 11 is 5.82. The van der Waals surface area contributed by atoms with Crippen LogP contribution in [-0.2, 0) is 6.42 Å². The molecule has 0 aliphatic heterocycles. The molecule has 0 bridgehead atoms. The first-order valence-electron chi connectivity index (χ1n) is 6.57. The van der Waals surface area contributed by atoms with Crippen LogP contribution in [0.1, 0.15) is 30.0 Å². The highest BCUT2D eigenvalue weighted by Crippen LogP contribution is 2.21. The topological polar surface area (TPSA) is 37.8 Å². The zero-order chi connectivity index (χ0) is 14.5. The first-order chi connectivity index (χ1) is 9.60. The SMILES string of the molecule is CCNC(Cc1ccc(F)c(Cl)c1)c1ccnc(C)n1. The first-order valence-corrected chi connectivity index (χ1v) is 6.94. The number of hydrogen-bond donors (Lipinski definition) is 1. The fourth-order valence-electron chi connectivity index (χ4n) is 2.10. The second-order valence-corrected chi connectivity index (χ2v) is 5.00. The monoisotopic (exact) mass is 293 g/mol. The fraction of sp³-hybridized carbons (Fsp3) is 0.333. The summed E-state index contributed by atoms with van der Waals surface area (Å²) in [7, 11) is 0. The van der Waals surface area contributed by atoms with Crippen LogP contribution in [0.15, 0.2) is 30.5 Å². The van der Waals surface area contributed by atoms with Crippen molar-refractivity contribution in [2.45, 2.75) is 26.3 Å². The van der Waals surface area contributed by atoms with Crippen molar-refractivity contribution in [3.05, 3.63) is 58.4 Å². The van der Waals surface area contributed by atoms with Crippen LogP contribution in [0.5, 0.6) is 0 Å². The Balaban J connectivity index is 2.22. The van der Waals surface area contributed by atoms with Crippen molar-refractivity contribution >= 4 is 11.6 Å². The zero-order valence-electron chi connectivity index (χ0n) is 11.5. The minimum atomic E-state index is -0.395. The summed E-state index contributed by atoms with van der Waals surface area (Å²) < 4.78 is 13.2. The number of halogens is 2. The molecule has 0 aliphatic rings. The van der Waals surface area contributed by atoms with E-state index in [1.165, 1.54) is 6.07 Å². The third kappa shape index (κ3) is 3.74. The normalized spacial score (nSPS) is 12.4. The predicted molar refractivity (Wildman–Crippen MR) is 78.3 cm³/mol. The molecule has 1 aromatic heterocycles. The second-order valence-electron chi connectivity index (χ2n) is 4.59. The molecule has 1 aromatic carbocycles. The van der Waals surface area contributed by atoms with E-state index in [0.29, 0.717) is 6.42 Å². The Morgan fingerprint density at radius 3 is 2.80 bits per heavy atom. The lowest BCUT2D eigenvalue weighted by Gasteiger charge is -2.18. The van der Waals surface area contributed by atoms with Crippen molar-refractivity contribution in [1.29, 1.82) is 0 Å². The Kier molecular flexibility index (Phi) is 5.04. The Morgan fingerprint density at radius 2 is 2.15 bits per heavy atom. The highest BCUT2D eigenvalue weighted by molar-refractivity contribution is 6.30. The third-order valence-electron chi connectivity index (χ3n) is 3.03. The van der Waals surface area contributed by atoms with Crippen LogP contribution in [0, 0.1) is 12.7 Å². The highest BCUT2D eigenvalue weighted by atomic mass is 35.5. The first kappa shape index (κ1) is 14.9. The molecule has 1 N–H and O–H groups in total. The Bertz CT molecular complexity index is 589. The molecule has 3 nitrogen and oxygen atoms in total. The molecule has 2 rings (SSSR count). The van der Waals surface area contributed by atoms with E-state index in [2.05, 4.69) is 15.3 Å². The molecular weight excluding hydrogens is 277 g/mol. The molecule has 1 heterocycles. The molecule has 1 atom stereocenters. The van der Waals surface area contributed by atoms with Gasteiger partial charge in [-0.3, -0.25) is 0 Å². The number of aryl methyl sites for hydroxylation is 1. The summed E-state index contributed by atoms with van der Waals surface area (Å²) in [5.74, 6) is 0.343. The van der Waals surface area contributed by atoms with Gasteiger partial charge < -0.3 is 5.32 Å². The quantitative estimate of drug-likeness (QED) is 0.917. The number of nitrogens with zero attached hydrogens (tertiary/aromatic N) is 2. The van der Waals surface area contributed by atoms with Gasteiger partial charge in [0.1, 0.15) is 11.6 Å². The maximum absolute atomic E-state index is 13.2. The van der Waals surface area contributed by atoms with E-state index in [4.69, 9.17) is 11.6 Å². The van der Waals surface area contributed by atoms with Gasteiger partial charge in [0.05, 0.1) is 16.8 Å². The van der Waals surface area contributed by atoms with Crippen LogP contribution >= 0.6 is 11.6 Å². The van der Waals surface area contributed by atoms with Gasteiger partial charge >= 0.3 is 0 Å². The summed E-state index contributed by atoms with van der Waals surface area (Å²) in [6, 6.07) is 6.76. The molecule has 0 amide bonds. The fourth-order valence-corrected chi connectivity index (χ4v) is 2.30. The van der Waals surface area contributed by atoms with Crippen LogP contribution in [0.2, 0.25) is 5.02 Å². The number of likely N-dealkylation sites (N-methyl/N-ethyl adjacent to an activating group) is 1. The number of aromatic nitrogens is 2. The van der Waals surface area contributed by atoms with E-state index in [9.17, 15) is 4.39 Å². The molecule has 0 saturated carbocycles. The molecule has 20 heavy (non-hydrogen) atoms. The van der Waals surface area contributed by atoms with Crippen molar-refractivity contribution in [3.8, 4) is 0 Å². The molecule has 0 saturated heterocycles. The molecule has 0 spiro atoms. The van der Waals surface area contributed by atoms with Crippen molar-refractivity contribution in [2.24, 2.45) is 0 Å². The molecule has 0 radical (unpaired) electrons. The lowest BCUT2D eigenvalue weighted by atomic mass is 10.0. The van der Waals surface area contributed by atoms with E-state index in [1.807, 2.05) is 19.9 Å². The van der Waals surface area contributed by atoms with Crippen molar-refractivity contribution in [2.75, 3.05) is 6.54 Å². The van der Waals surface area contributed by atoms with Gasteiger partial charge in [-0.25, -0.2) is 14.4 Å². The maximum Gasteiger partial charge on any atom is 0.141 e. The van der Waals surface area contributed by atoms with Crippen LogP contribution in [-0.4, -0.2) is 16.5 Å². The van der Waals surface area contributed by atoms with Gasteiger partial charge in [-0.1, -0.05) is 24.6 Å². The van der Waals surface area contributed by atoms with Gasteiger partial charge in [-0.2, -0.15) is 0 Å². The van der Waals surface area contributed by atoms with Crippen LogP contribution in [0.25, 0.3) is 0 Å². The Hall–Kier alpha value is -1.52. The largest absolute Gasteiger partial charge is 0.309 e. The second kappa shape index (κ2) is 6.77. The van der Waals surface area contributed by atoms with Gasteiger partial charge in [0.15, 0.2) is 0 Å². The maximum atomic E-state index is 13.2. The summed E-state index contributed by atoms with van der Waals surface area (Å²) in [5.41, 5.74) is 1.90. The highest BCUT2D eigenvalue weighted by Gasteiger charge is 2.14. The number of hydrogen-bond acceptors (Lipinski definition) is 3. The lowest BCUT2D eigenvalue weighted by molar-refractivity contribution is 0.533. The van der Waals surface area contributed by atoms with Gasteiger partial charge in [-0.15, -0.1) is 0 Å². The summed E-state index contributed by atoms with van der Waals surface area (Å²) in [6.45, 7) is 4.72. The van der Waals surface area contributed by atoms with Gasteiger partial charge in [0, 0.05) is 6.20 Å². The van der Waals surface area contributed by atoms with E-state index in [1.54, 1.807) is 18.3 Å². The third-order valence-corrected chi connectivity index (χ3v) is 3.32. The molecule has 1 unspecified atom stereocenters. The molecule has 0 fully saturated rings. The number of nitrogens with one attached hydrogen (secondary N) is 1.